The lowest BCUT2D eigenvalue weighted by atomic mass is 10.1. The highest BCUT2D eigenvalue weighted by Crippen LogP contribution is 2.03. The minimum absolute atomic E-state index is 0.00481. The molecule has 0 radical (unpaired) electrons. The average Bonchev–Trinajstić information content (AvgIpc) is 2.20. The summed E-state index contributed by atoms with van der Waals surface area (Å²) in [4.78, 5) is 11.3. The SMILES string of the molecule is COCCOCC(=O)NC(CCl)C(C)C. The fourth-order valence-corrected chi connectivity index (χ4v) is 1.37. The highest BCUT2D eigenvalue weighted by molar-refractivity contribution is 6.18. The van der Waals surface area contributed by atoms with Crippen molar-refractivity contribution in [2.24, 2.45) is 5.92 Å². The van der Waals surface area contributed by atoms with Gasteiger partial charge in [0.1, 0.15) is 6.61 Å². The molecule has 0 aromatic rings. The molecule has 0 fully saturated rings. The lowest BCUT2D eigenvalue weighted by Gasteiger charge is -2.19. The molecule has 15 heavy (non-hydrogen) atoms. The number of rotatable bonds is 8. The smallest absolute Gasteiger partial charge is 0.246 e. The molecule has 0 aliphatic rings. The standard InChI is InChI=1S/C10H20ClNO3/c1-8(2)9(6-11)12-10(13)7-15-5-4-14-3/h8-9H,4-7H2,1-3H3,(H,12,13). The van der Waals surface area contributed by atoms with E-state index in [4.69, 9.17) is 21.1 Å². The molecule has 1 atom stereocenters. The summed E-state index contributed by atoms with van der Waals surface area (Å²) in [6.45, 7) is 5.01. The third kappa shape index (κ3) is 7.59. The van der Waals surface area contributed by atoms with Gasteiger partial charge in [-0.25, -0.2) is 0 Å². The molecule has 0 aromatic heterocycles. The van der Waals surface area contributed by atoms with Gasteiger partial charge in [-0.2, -0.15) is 0 Å². The Morgan fingerprint density at radius 2 is 2.07 bits per heavy atom. The van der Waals surface area contributed by atoms with Crippen LogP contribution in [0.4, 0.5) is 0 Å². The van der Waals surface area contributed by atoms with Crippen LogP contribution in [-0.2, 0) is 14.3 Å². The molecule has 0 rings (SSSR count). The summed E-state index contributed by atoms with van der Waals surface area (Å²) in [6.07, 6.45) is 0. The number of hydrogen-bond donors (Lipinski definition) is 1. The number of halogens is 1. The van der Waals surface area contributed by atoms with Gasteiger partial charge < -0.3 is 14.8 Å². The van der Waals surface area contributed by atoms with Gasteiger partial charge in [0, 0.05) is 19.0 Å². The number of hydrogen-bond acceptors (Lipinski definition) is 3. The van der Waals surface area contributed by atoms with Crippen LogP contribution in [0.15, 0.2) is 0 Å². The quantitative estimate of drug-likeness (QED) is 0.507. The van der Waals surface area contributed by atoms with E-state index in [9.17, 15) is 4.79 Å². The molecule has 0 saturated heterocycles. The summed E-state index contributed by atoms with van der Waals surface area (Å²) < 4.78 is 9.87. The van der Waals surface area contributed by atoms with Crippen molar-refractivity contribution in [2.45, 2.75) is 19.9 Å². The van der Waals surface area contributed by atoms with Crippen molar-refractivity contribution in [1.29, 1.82) is 0 Å². The number of ether oxygens (including phenoxy) is 2. The van der Waals surface area contributed by atoms with Gasteiger partial charge in [0.15, 0.2) is 0 Å². The van der Waals surface area contributed by atoms with E-state index < -0.39 is 0 Å². The van der Waals surface area contributed by atoms with E-state index >= 15 is 0 Å². The number of nitrogens with one attached hydrogen (secondary N) is 1. The summed E-state index contributed by atoms with van der Waals surface area (Å²) in [7, 11) is 1.59. The fourth-order valence-electron chi connectivity index (χ4n) is 0.939. The Morgan fingerprint density at radius 3 is 2.53 bits per heavy atom. The van der Waals surface area contributed by atoms with Crippen molar-refractivity contribution in [2.75, 3.05) is 32.8 Å². The van der Waals surface area contributed by atoms with Crippen molar-refractivity contribution in [1.82, 2.24) is 5.32 Å². The largest absolute Gasteiger partial charge is 0.382 e. The van der Waals surface area contributed by atoms with Gasteiger partial charge in [-0.3, -0.25) is 4.79 Å². The Kier molecular flexibility index (Phi) is 8.76. The van der Waals surface area contributed by atoms with Crippen molar-refractivity contribution in [3.8, 4) is 0 Å². The van der Waals surface area contributed by atoms with Crippen LogP contribution < -0.4 is 5.32 Å². The van der Waals surface area contributed by atoms with Crippen LogP contribution in [0.1, 0.15) is 13.8 Å². The monoisotopic (exact) mass is 237 g/mol. The molecule has 1 N–H and O–H groups in total. The van der Waals surface area contributed by atoms with Gasteiger partial charge in [-0.1, -0.05) is 13.8 Å². The summed E-state index contributed by atoms with van der Waals surface area (Å²) in [5.41, 5.74) is 0. The number of methoxy groups -OCH3 is 1. The Bertz CT molecular complexity index is 176. The maximum absolute atomic E-state index is 11.3. The topological polar surface area (TPSA) is 47.6 Å². The van der Waals surface area contributed by atoms with E-state index in [-0.39, 0.29) is 18.6 Å². The molecular formula is C10H20ClNO3. The van der Waals surface area contributed by atoms with E-state index in [0.29, 0.717) is 25.0 Å². The van der Waals surface area contributed by atoms with Crippen LogP contribution in [0.2, 0.25) is 0 Å². The normalized spacial score (nSPS) is 12.9. The summed E-state index contributed by atoms with van der Waals surface area (Å²) in [5, 5.41) is 2.81. The predicted octanol–water partition coefficient (Wildman–Crippen LogP) is 1.03. The van der Waals surface area contributed by atoms with Crippen LogP contribution in [0.5, 0.6) is 0 Å². The maximum Gasteiger partial charge on any atom is 0.246 e. The lowest BCUT2D eigenvalue weighted by Crippen LogP contribution is -2.41. The molecule has 0 saturated carbocycles. The van der Waals surface area contributed by atoms with E-state index in [1.54, 1.807) is 7.11 Å². The average molecular weight is 238 g/mol. The third-order valence-corrected chi connectivity index (χ3v) is 2.31. The molecule has 90 valence electrons. The fraction of sp³-hybridized carbons (Fsp3) is 0.900. The van der Waals surface area contributed by atoms with Crippen molar-refractivity contribution >= 4 is 17.5 Å². The molecule has 0 aliphatic heterocycles. The highest BCUT2D eigenvalue weighted by atomic mass is 35.5. The molecule has 1 amide bonds. The Labute approximate surface area is 96.3 Å². The van der Waals surface area contributed by atoms with Gasteiger partial charge in [-0.05, 0) is 5.92 Å². The summed E-state index contributed by atoms with van der Waals surface area (Å²) in [6, 6.07) is 0.00481. The zero-order valence-electron chi connectivity index (χ0n) is 9.59. The molecule has 4 nitrogen and oxygen atoms in total. The minimum Gasteiger partial charge on any atom is -0.382 e. The van der Waals surface area contributed by atoms with Crippen molar-refractivity contribution in [3.63, 3.8) is 0 Å². The van der Waals surface area contributed by atoms with E-state index in [0.717, 1.165) is 0 Å². The maximum atomic E-state index is 11.3. The molecule has 1 unspecified atom stereocenters. The van der Waals surface area contributed by atoms with Crippen LogP contribution in [0.25, 0.3) is 0 Å². The molecule has 0 bridgehead atoms. The molecule has 0 spiro atoms. The summed E-state index contributed by atoms with van der Waals surface area (Å²) in [5.74, 6) is 0.609. The Hall–Kier alpha value is -0.320. The first-order chi connectivity index (χ1) is 7.11. The van der Waals surface area contributed by atoms with Gasteiger partial charge in [0.2, 0.25) is 5.91 Å². The second-order valence-corrected chi connectivity index (χ2v) is 3.93. The minimum atomic E-state index is -0.134. The molecule has 0 aliphatic carbocycles. The lowest BCUT2D eigenvalue weighted by molar-refractivity contribution is -0.127. The zero-order chi connectivity index (χ0) is 11.7. The second-order valence-electron chi connectivity index (χ2n) is 3.62. The molecule has 5 heteroatoms. The first-order valence-electron chi connectivity index (χ1n) is 5.03. The zero-order valence-corrected chi connectivity index (χ0v) is 10.3. The number of amides is 1. The van der Waals surface area contributed by atoms with Crippen molar-refractivity contribution in [3.05, 3.63) is 0 Å². The van der Waals surface area contributed by atoms with Crippen LogP contribution >= 0.6 is 11.6 Å². The third-order valence-electron chi connectivity index (χ3n) is 1.98. The van der Waals surface area contributed by atoms with Gasteiger partial charge in [0.25, 0.3) is 0 Å². The molecule has 0 aromatic carbocycles. The molecular weight excluding hydrogens is 218 g/mol. The summed E-state index contributed by atoms with van der Waals surface area (Å²) >= 11 is 5.71. The van der Waals surface area contributed by atoms with E-state index in [1.165, 1.54) is 0 Å². The highest BCUT2D eigenvalue weighted by Gasteiger charge is 2.14. The van der Waals surface area contributed by atoms with Gasteiger partial charge in [-0.15, -0.1) is 11.6 Å². The van der Waals surface area contributed by atoms with E-state index in [1.807, 2.05) is 13.8 Å². The second kappa shape index (κ2) is 8.95. The predicted molar refractivity (Wildman–Crippen MR) is 60.2 cm³/mol. The van der Waals surface area contributed by atoms with Gasteiger partial charge in [0.05, 0.1) is 13.2 Å². The van der Waals surface area contributed by atoms with Crippen LogP contribution in [0, 0.1) is 5.92 Å². The van der Waals surface area contributed by atoms with Crippen LogP contribution in [-0.4, -0.2) is 44.8 Å². The first-order valence-corrected chi connectivity index (χ1v) is 5.57. The number of alkyl halides is 1. The van der Waals surface area contributed by atoms with E-state index in [2.05, 4.69) is 5.32 Å². The Balaban J connectivity index is 3.62. The number of carbonyl (C=O) groups excluding carboxylic acids is 1. The Morgan fingerprint density at radius 1 is 1.40 bits per heavy atom. The van der Waals surface area contributed by atoms with Crippen LogP contribution in [0.3, 0.4) is 0 Å². The van der Waals surface area contributed by atoms with Gasteiger partial charge >= 0.3 is 0 Å². The first kappa shape index (κ1) is 14.7. The number of carbonyl (C=O) groups is 1. The van der Waals surface area contributed by atoms with Crippen molar-refractivity contribution < 1.29 is 14.3 Å². The molecule has 0 heterocycles.